The third kappa shape index (κ3) is 5.39. The lowest BCUT2D eigenvalue weighted by Crippen LogP contribution is -2.44. The molecule has 2 amide bonds. The fourth-order valence-electron chi connectivity index (χ4n) is 5.70. The van der Waals surface area contributed by atoms with Gasteiger partial charge in [0.1, 0.15) is 11.6 Å². The quantitative estimate of drug-likeness (QED) is 0.340. The summed E-state index contributed by atoms with van der Waals surface area (Å²) in [5, 5.41) is 21.1. The average Bonchev–Trinajstić information content (AvgIpc) is 3.26. The number of methoxy groups -OCH3 is 1. The minimum atomic E-state index is -0.304. The molecule has 4 atom stereocenters. The molecule has 10 nitrogen and oxygen atoms in total. The molecule has 3 unspecified atom stereocenters. The van der Waals surface area contributed by atoms with E-state index in [9.17, 15) is 14.9 Å². The third-order valence-electron chi connectivity index (χ3n) is 8.34. The summed E-state index contributed by atoms with van der Waals surface area (Å²) >= 11 is 5.91. The van der Waals surface area contributed by atoms with Crippen LogP contribution in [0, 0.1) is 35.0 Å². The SMILES string of the molecule is C=C/C(Cl)=C\C=C(\C#N)CC1CC(NC(=O)c2cn(C(C)c3cnc(N4CC5C(C4=O)[C@@H]5C)cc3OC)nn2)C1. The number of hydrogen-bond acceptors (Lipinski definition) is 7. The predicted octanol–water partition coefficient (Wildman–Crippen LogP) is 4.18. The number of hydrogen-bond donors (Lipinski definition) is 1. The zero-order valence-electron chi connectivity index (χ0n) is 22.7. The first-order chi connectivity index (χ1) is 19.2. The summed E-state index contributed by atoms with van der Waals surface area (Å²) in [6.07, 6.45) is 10.4. The van der Waals surface area contributed by atoms with Crippen LogP contribution in [0.1, 0.15) is 55.2 Å². The van der Waals surface area contributed by atoms with Crippen molar-refractivity contribution in [2.24, 2.45) is 23.7 Å². The fourth-order valence-corrected chi connectivity index (χ4v) is 5.76. The topological polar surface area (TPSA) is 126 Å². The van der Waals surface area contributed by atoms with Crippen LogP contribution in [0.2, 0.25) is 0 Å². The normalized spacial score (nSPS) is 26.4. The van der Waals surface area contributed by atoms with E-state index in [4.69, 9.17) is 16.3 Å². The zero-order chi connectivity index (χ0) is 28.6. The summed E-state index contributed by atoms with van der Waals surface area (Å²) in [5.41, 5.74) is 1.63. The molecule has 0 aromatic carbocycles. The van der Waals surface area contributed by atoms with E-state index in [1.54, 1.807) is 47.3 Å². The maximum Gasteiger partial charge on any atom is 0.273 e. The van der Waals surface area contributed by atoms with Gasteiger partial charge in [-0.25, -0.2) is 9.67 Å². The number of pyridine rings is 1. The number of nitriles is 1. The molecule has 1 N–H and O–H groups in total. The standard InChI is InChI=1S/C29H32ClN7O3/c1-5-20(30)7-6-18(12-31)8-19-9-21(10-19)33-28(38)24-15-37(35-34-24)17(3)22-13-32-26(11-25(22)40-4)36-14-23-16(2)27(23)29(36)39/h5-7,11,13,15-17,19,21,23,27H,1,8-10,14H2,2-4H3,(H,33,38)/b18-6+,20-7+/t16-,17?,19?,21?,23?,27?/m1/s1. The molecule has 3 fully saturated rings. The highest BCUT2D eigenvalue weighted by Gasteiger charge is 2.59. The van der Waals surface area contributed by atoms with E-state index in [0.717, 1.165) is 18.4 Å². The summed E-state index contributed by atoms with van der Waals surface area (Å²) in [5.74, 6) is 2.32. The molecule has 2 saturated carbocycles. The number of amides is 2. The molecule has 1 aliphatic heterocycles. The maximum atomic E-state index is 12.8. The summed E-state index contributed by atoms with van der Waals surface area (Å²) in [4.78, 5) is 31.8. The second-order valence-electron chi connectivity index (χ2n) is 10.8. The molecule has 2 aromatic heterocycles. The number of ether oxygens (including phenoxy) is 1. The molecule has 1 saturated heterocycles. The predicted molar refractivity (Wildman–Crippen MR) is 150 cm³/mol. The number of fused-ring (bicyclic) bond motifs is 1. The van der Waals surface area contributed by atoms with Crippen LogP contribution in [0.25, 0.3) is 0 Å². The lowest BCUT2D eigenvalue weighted by molar-refractivity contribution is -0.119. The Kier molecular flexibility index (Phi) is 7.76. The van der Waals surface area contributed by atoms with Crippen molar-refractivity contribution in [3.8, 4) is 11.8 Å². The molecule has 0 bridgehead atoms. The van der Waals surface area contributed by atoms with Crippen molar-refractivity contribution in [2.75, 3.05) is 18.6 Å². The number of anilines is 1. The van der Waals surface area contributed by atoms with Crippen molar-refractivity contribution in [1.29, 1.82) is 5.26 Å². The lowest BCUT2D eigenvalue weighted by Gasteiger charge is -2.35. The summed E-state index contributed by atoms with van der Waals surface area (Å²) in [6, 6.07) is 3.71. The van der Waals surface area contributed by atoms with Gasteiger partial charge in [0.05, 0.1) is 25.4 Å². The van der Waals surface area contributed by atoms with Crippen LogP contribution in [0.15, 0.2) is 53.9 Å². The first kappa shape index (κ1) is 27.6. The largest absolute Gasteiger partial charge is 0.496 e. The minimum absolute atomic E-state index is 0.0199. The highest BCUT2D eigenvalue weighted by Crippen LogP contribution is 2.53. The first-order valence-corrected chi connectivity index (χ1v) is 13.8. The Labute approximate surface area is 238 Å². The molecule has 11 heteroatoms. The van der Waals surface area contributed by atoms with E-state index in [-0.39, 0.29) is 35.5 Å². The van der Waals surface area contributed by atoms with Crippen molar-refractivity contribution >= 4 is 29.2 Å². The first-order valence-electron chi connectivity index (χ1n) is 13.4. The van der Waals surface area contributed by atoms with Crippen LogP contribution in [0.4, 0.5) is 5.82 Å². The highest BCUT2D eigenvalue weighted by atomic mass is 35.5. The number of halogens is 1. The Bertz CT molecular complexity index is 1440. The molecular formula is C29H32ClN7O3. The number of allylic oxidation sites excluding steroid dienone is 5. The number of nitrogens with one attached hydrogen (secondary N) is 1. The Morgan fingerprint density at radius 1 is 1.40 bits per heavy atom. The Morgan fingerprint density at radius 3 is 2.83 bits per heavy atom. The average molecular weight is 562 g/mol. The van der Waals surface area contributed by atoms with Crippen molar-refractivity contribution in [2.45, 2.75) is 45.2 Å². The molecule has 2 aromatic rings. The number of nitrogens with zero attached hydrogens (tertiary/aromatic N) is 6. The number of carbonyl (C=O) groups is 2. The van der Waals surface area contributed by atoms with Crippen LogP contribution in [-0.2, 0) is 4.79 Å². The van der Waals surface area contributed by atoms with Crippen molar-refractivity contribution < 1.29 is 14.3 Å². The molecule has 5 rings (SSSR count). The second-order valence-corrected chi connectivity index (χ2v) is 11.2. The maximum absolute atomic E-state index is 12.8. The highest BCUT2D eigenvalue weighted by molar-refractivity contribution is 6.31. The molecular weight excluding hydrogens is 530 g/mol. The number of carbonyl (C=O) groups excluding carboxylic acids is 2. The Hall–Kier alpha value is -3.97. The molecule has 208 valence electrons. The van der Waals surface area contributed by atoms with E-state index < -0.39 is 0 Å². The molecule has 0 spiro atoms. The lowest BCUT2D eigenvalue weighted by atomic mass is 9.76. The summed E-state index contributed by atoms with van der Waals surface area (Å²) in [7, 11) is 1.58. The minimum Gasteiger partial charge on any atom is -0.496 e. The smallest absolute Gasteiger partial charge is 0.273 e. The van der Waals surface area contributed by atoms with Crippen molar-refractivity contribution in [3.63, 3.8) is 0 Å². The monoisotopic (exact) mass is 561 g/mol. The van der Waals surface area contributed by atoms with Gasteiger partial charge in [-0.1, -0.05) is 36.4 Å². The van der Waals surface area contributed by atoms with Gasteiger partial charge in [-0.05, 0) is 56.1 Å². The van der Waals surface area contributed by atoms with Gasteiger partial charge < -0.3 is 10.1 Å². The van der Waals surface area contributed by atoms with Crippen LogP contribution in [-0.4, -0.2) is 51.5 Å². The van der Waals surface area contributed by atoms with Gasteiger partial charge in [0.15, 0.2) is 5.69 Å². The van der Waals surface area contributed by atoms with Gasteiger partial charge in [0, 0.05) is 46.9 Å². The van der Waals surface area contributed by atoms with E-state index in [1.165, 1.54) is 6.08 Å². The Morgan fingerprint density at radius 2 is 2.17 bits per heavy atom. The van der Waals surface area contributed by atoms with E-state index in [2.05, 4.69) is 40.2 Å². The number of aromatic nitrogens is 4. The van der Waals surface area contributed by atoms with Crippen LogP contribution in [0.3, 0.4) is 0 Å². The zero-order valence-corrected chi connectivity index (χ0v) is 23.5. The second kappa shape index (κ2) is 11.3. The van der Waals surface area contributed by atoms with Crippen LogP contribution in [0.5, 0.6) is 5.75 Å². The van der Waals surface area contributed by atoms with E-state index >= 15 is 0 Å². The Balaban J connectivity index is 1.17. The van der Waals surface area contributed by atoms with Crippen molar-refractivity contribution in [3.05, 3.63) is 65.1 Å². The van der Waals surface area contributed by atoms with Gasteiger partial charge in [0.2, 0.25) is 5.91 Å². The molecule has 3 aliphatic rings. The van der Waals surface area contributed by atoms with E-state index in [1.807, 2.05) is 6.92 Å². The number of piperidine rings is 1. The summed E-state index contributed by atoms with van der Waals surface area (Å²) < 4.78 is 7.23. The number of rotatable bonds is 10. The molecule has 2 aliphatic carbocycles. The van der Waals surface area contributed by atoms with Gasteiger partial charge in [-0.3, -0.25) is 14.5 Å². The van der Waals surface area contributed by atoms with Gasteiger partial charge >= 0.3 is 0 Å². The van der Waals surface area contributed by atoms with Crippen molar-refractivity contribution in [1.82, 2.24) is 25.3 Å². The van der Waals surface area contributed by atoms with E-state index in [0.29, 0.717) is 52.9 Å². The fraction of sp³-hybridized carbons (Fsp3) is 0.448. The molecule has 0 radical (unpaired) electrons. The van der Waals surface area contributed by atoms with Gasteiger partial charge in [-0.15, -0.1) is 5.10 Å². The third-order valence-corrected chi connectivity index (χ3v) is 8.62. The molecule has 40 heavy (non-hydrogen) atoms. The van der Waals surface area contributed by atoms with Gasteiger partial charge in [-0.2, -0.15) is 5.26 Å². The van der Waals surface area contributed by atoms with Crippen LogP contribution >= 0.6 is 11.6 Å². The summed E-state index contributed by atoms with van der Waals surface area (Å²) in [6.45, 7) is 8.32. The molecule has 3 heterocycles. The van der Waals surface area contributed by atoms with Crippen LogP contribution < -0.4 is 15.0 Å². The van der Waals surface area contributed by atoms with Gasteiger partial charge in [0.25, 0.3) is 5.91 Å².